The zero-order valence-electron chi connectivity index (χ0n) is 12.5. The van der Waals surface area contributed by atoms with Crippen LogP contribution in [0.15, 0.2) is 51.8 Å². The maximum absolute atomic E-state index is 12.5. The van der Waals surface area contributed by atoms with Gasteiger partial charge in [0.05, 0.1) is 4.90 Å². The van der Waals surface area contributed by atoms with E-state index in [9.17, 15) is 13.2 Å². The lowest BCUT2D eigenvalue weighted by Gasteiger charge is -2.13. The summed E-state index contributed by atoms with van der Waals surface area (Å²) in [5.74, 6) is -0.979. The van der Waals surface area contributed by atoms with E-state index in [1.807, 2.05) is 18.2 Å². The molecule has 24 heavy (non-hydrogen) atoms. The monoisotopic (exact) mass is 365 g/mol. The van der Waals surface area contributed by atoms with Crippen LogP contribution in [0.3, 0.4) is 0 Å². The molecule has 6 nitrogen and oxygen atoms in total. The van der Waals surface area contributed by atoms with Gasteiger partial charge in [-0.2, -0.15) is 17.4 Å². The van der Waals surface area contributed by atoms with Gasteiger partial charge in [-0.15, -0.1) is 0 Å². The average molecular weight is 365 g/mol. The summed E-state index contributed by atoms with van der Waals surface area (Å²) < 4.78 is 32.9. The summed E-state index contributed by atoms with van der Waals surface area (Å²) in [7, 11) is -3.97. The van der Waals surface area contributed by atoms with Gasteiger partial charge in [-0.25, -0.2) is 8.42 Å². The molecular formula is C16H15NO5S2. The van der Waals surface area contributed by atoms with Gasteiger partial charge in [-0.3, -0.25) is 4.79 Å². The number of hydrogen-bond acceptors (Lipinski definition) is 5. The molecule has 0 aliphatic rings. The second-order valence-corrected chi connectivity index (χ2v) is 7.44. The molecule has 0 saturated carbocycles. The van der Waals surface area contributed by atoms with Crippen LogP contribution in [0.5, 0.6) is 0 Å². The number of carbonyl (C=O) groups is 1. The van der Waals surface area contributed by atoms with Gasteiger partial charge in [0.2, 0.25) is 10.0 Å². The number of rotatable bonds is 6. The molecule has 1 heterocycles. The van der Waals surface area contributed by atoms with Crippen molar-refractivity contribution in [2.75, 3.05) is 5.75 Å². The highest BCUT2D eigenvalue weighted by atomic mass is 32.2. The first-order chi connectivity index (χ1) is 11.4. The zero-order chi connectivity index (χ0) is 17.3. The highest BCUT2D eigenvalue weighted by Gasteiger charge is 2.25. The van der Waals surface area contributed by atoms with Crippen LogP contribution >= 0.6 is 12.6 Å². The van der Waals surface area contributed by atoms with Crippen molar-refractivity contribution in [2.24, 2.45) is 0 Å². The number of thiol groups is 1. The van der Waals surface area contributed by atoms with Crippen LogP contribution in [-0.4, -0.2) is 31.3 Å². The third-order valence-electron chi connectivity index (χ3n) is 3.67. The Kier molecular flexibility index (Phi) is 4.53. The number of para-hydroxylation sites is 1. The standard InChI is InChI=1S/C16H15NO5S2/c18-16(19)13(7-8-23)17-24(20,21)10-5-6-15-12(9-10)11-3-1-2-4-14(11)22-15/h1-6,9,13,17,23H,7-8H2,(H,18,19). The maximum atomic E-state index is 12.5. The number of carboxylic acid groups (broad SMARTS) is 1. The topological polar surface area (TPSA) is 96.6 Å². The minimum Gasteiger partial charge on any atom is -0.480 e. The van der Waals surface area contributed by atoms with Crippen molar-refractivity contribution in [3.05, 3.63) is 42.5 Å². The molecule has 1 aromatic heterocycles. The van der Waals surface area contributed by atoms with Gasteiger partial charge in [-0.05, 0) is 36.4 Å². The number of hydrogen-bond donors (Lipinski definition) is 3. The first-order valence-corrected chi connectivity index (χ1v) is 9.31. The van der Waals surface area contributed by atoms with Crippen LogP contribution in [0.1, 0.15) is 6.42 Å². The van der Waals surface area contributed by atoms with Gasteiger partial charge in [0, 0.05) is 10.8 Å². The molecule has 1 unspecified atom stereocenters. The van der Waals surface area contributed by atoms with E-state index in [0.717, 1.165) is 5.39 Å². The Labute approximate surface area is 143 Å². The largest absolute Gasteiger partial charge is 0.480 e. The molecule has 0 spiro atoms. The second-order valence-electron chi connectivity index (χ2n) is 5.28. The van der Waals surface area contributed by atoms with Gasteiger partial charge in [0.15, 0.2) is 0 Å². The van der Waals surface area contributed by atoms with Gasteiger partial charge >= 0.3 is 5.97 Å². The molecule has 0 bridgehead atoms. The lowest BCUT2D eigenvalue weighted by atomic mass is 10.1. The predicted molar refractivity (Wildman–Crippen MR) is 93.9 cm³/mol. The molecule has 0 fully saturated rings. The van der Waals surface area contributed by atoms with Crippen molar-refractivity contribution in [3.8, 4) is 0 Å². The zero-order valence-corrected chi connectivity index (χ0v) is 14.2. The minimum absolute atomic E-state index is 0.00744. The fraction of sp³-hybridized carbons (Fsp3) is 0.188. The van der Waals surface area contributed by atoms with Gasteiger partial charge < -0.3 is 9.52 Å². The first-order valence-electron chi connectivity index (χ1n) is 7.19. The number of carboxylic acids is 1. The summed E-state index contributed by atoms with van der Waals surface area (Å²) in [5, 5.41) is 10.6. The molecule has 1 atom stereocenters. The normalized spacial score (nSPS) is 13.4. The van der Waals surface area contributed by atoms with Crippen LogP contribution in [0, 0.1) is 0 Å². The van der Waals surface area contributed by atoms with E-state index in [-0.39, 0.29) is 17.1 Å². The number of nitrogens with one attached hydrogen (secondary N) is 1. The van der Waals surface area contributed by atoms with E-state index < -0.39 is 22.0 Å². The fourth-order valence-corrected chi connectivity index (χ4v) is 4.00. The van der Waals surface area contributed by atoms with Crippen molar-refractivity contribution in [1.29, 1.82) is 0 Å². The molecule has 3 aromatic rings. The lowest BCUT2D eigenvalue weighted by Crippen LogP contribution is -2.40. The van der Waals surface area contributed by atoms with E-state index in [4.69, 9.17) is 9.52 Å². The van der Waals surface area contributed by atoms with E-state index in [0.29, 0.717) is 16.6 Å². The van der Waals surface area contributed by atoms with Crippen LogP contribution in [0.2, 0.25) is 0 Å². The summed E-state index contributed by atoms with van der Waals surface area (Å²) in [5.41, 5.74) is 1.23. The second kappa shape index (κ2) is 6.46. The Morgan fingerprint density at radius 2 is 1.88 bits per heavy atom. The fourth-order valence-electron chi connectivity index (χ4n) is 2.49. The Morgan fingerprint density at radius 1 is 1.17 bits per heavy atom. The molecule has 0 amide bonds. The Bertz CT molecular complexity index is 1010. The van der Waals surface area contributed by atoms with Crippen molar-refractivity contribution in [1.82, 2.24) is 4.72 Å². The van der Waals surface area contributed by atoms with Crippen molar-refractivity contribution >= 4 is 50.6 Å². The lowest BCUT2D eigenvalue weighted by molar-refractivity contribution is -0.139. The average Bonchev–Trinajstić information content (AvgIpc) is 2.92. The van der Waals surface area contributed by atoms with Crippen molar-refractivity contribution < 1.29 is 22.7 Å². The van der Waals surface area contributed by atoms with E-state index >= 15 is 0 Å². The number of aliphatic carboxylic acids is 1. The third-order valence-corrected chi connectivity index (χ3v) is 5.40. The Hall–Kier alpha value is -2.03. The molecule has 2 aromatic carbocycles. The molecule has 8 heteroatoms. The van der Waals surface area contributed by atoms with E-state index in [2.05, 4.69) is 17.4 Å². The molecule has 3 rings (SSSR count). The number of benzene rings is 2. The molecule has 126 valence electrons. The summed E-state index contributed by atoms with van der Waals surface area (Å²) in [6.07, 6.45) is 0.0918. The SMILES string of the molecule is O=C(O)C(CCS)NS(=O)(=O)c1ccc2oc3ccccc3c2c1. The summed E-state index contributed by atoms with van der Waals surface area (Å²) in [4.78, 5) is 11.2. The number of sulfonamides is 1. The quantitative estimate of drug-likeness (QED) is 0.584. The van der Waals surface area contributed by atoms with Crippen LogP contribution in [0.4, 0.5) is 0 Å². The van der Waals surface area contributed by atoms with Crippen LogP contribution in [-0.2, 0) is 14.8 Å². The van der Waals surface area contributed by atoms with Crippen molar-refractivity contribution in [2.45, 2.75) is 17.4 Å². The third kappa shape index (κ3) is 3.12. The summed E-state index contributed by atoms with van der Waals surface area (Å²) in [6.45, 7) is 0. The van der Waals surface area contributed by atoms with Gasteiger partial charge in [0.25, 0.3) is 0 Å². The Balaban J connectivity index is 2.04. The maximum Gasteiger partial charge on any atom is 0.321 e. The molecular weight excluding hydrogens is 350 g/mol. The highest BCUT2D eigenvalue weighted by Crippen LogP contribution is 2.30. The smallest absolute Gasteiger partial charge is 0.321 e. The van der Waals surface area contributed by atoms with E-state index in [1.54, 1.807) is 12.1 Å². The van der Waals surface area contributed by atoms with E-state index in [1.165, 1.54) is 12.1 Å². The molecule has 0 aliphatic carbocycles. The van der Waals surface area contributed by atoms with Crippen LogP contribution in [0.25, 0.3) is 21.9 Å². The summed E-state index contributed by atoms with van der Waals surface area (Å²) in [6, 6.07) is 10.5. The van der Waals surface area contributed by atoms with Gasteiger partial charge in [-0.1, -0.05) is 18.2 Å². The molecule has 2 N–H and O–H groups in total. The number of furan rings is 1. The van der Waals surface area contributed by atoms with Crippen molar-refractivity contribution in [3.63, 3.8) is 0 Å². The first kappa shape index (κ1) is 16.8. The number of fused-ring (bicyclic) bond motifs is 3. The molecule has 0 radical (unpaired) electrons. The van der Waals surface area contributed by atoms with Gasteiger partial charge in [0.1, 0.15) is 17.2 Å². The summed E-state index contributed by atoms with van der Waals surface area (Å²) >= 11 is 3.96. The predicted octanol–water partition coefficient (Wildman–Crippen LogP) is 2.64. The highest BCUT2D eigenvalue weighted by molar-refractivity contribution is 7.89. The minimum atomic E-state index is -3.97. The van der Waals surface area contributed by atoms with Crippen LogP contribution < -0.4 is 4.72 Å². The Morgan fingerprint density at radius 3 is 2.58 bits per heavy atom. The molecule has 0 saturated heterocycles. The molecule has 0 aliphatic heterocycles.